The molecule has 0 aromatic rings. The molecule has 0 radical (unpaired) electrons. The highest BCUT2D eigenvalue weighted by Crippen LogP contribution is 2.36. The number of ether oxygens (including phenoxy) is 2. The third kappa shape index (κ3) is 2.03. The molecule has 0 bridgehead atoms. The molecule has 1 spiro atoms. The summed E-state index contributed by atoms with van der Waals surface area (Å²) in [6, 6.07) is 0. The number of carboxylic acid groups (broad SMARTS) is 1. The van der Waals surface area contributed by atoms with Crippen molar-refractivity contribution in [3.05, 3.63) is 0 Å². The number of hydrogen-bond donors (Lipinski definition) is 2. The van der Waals surface area contributed by atoms with Crippen molar-refractivity contribution in [2.45, 2.75) is 30.6 Å². The first kappa shape index (κ1) is 12.3. The minimum Gasteiger partial charge on any atom is -0.481 e. The first-order valence-corrected chi connectivity index (χ1v) is 6.60. The molecule has 3 fully saturated rings. The minimum atomic E-state index is -0.717. The van der Waals surface area contributed by atoms with Crippen LogP contribution in [0.2, 0.25) is 0 Å². The molecule has 3 aliphatic rings. The topological polar surface area (TPSA) is 71.0 Å². The Kier molecular flexibility index (Phi) is 3.05. The molecule has 0 unspecified atom stereocenters. The average Bonchev–Trinajstić information content (AvgIpc) is 2.73. The van der Waals surface area contributed by atoms with E-state index in [-0.39, 0.29) is 17.7 Å². The van der Waals surface area contributed by atoms with E-state index in [1.807, 2.05) is 0 Å². The average molecular weight is 256 g/mol. The van der Waals surface area contributed by atoms with Gasteiger partial charge in [0.25, 0.3) is 0 Å². The second-order valence-corrected chi connectivity index (χ2v) is 5.49. The van der Waals surface area contributed by atoms with E-state index in [1.54, 1.807) is 0 Å². The normalized spacial score (nSPS) is 30.2. The van der Waals surface area contributed by atoms with Gasteiger partial charge in [0.15, 0.2) is 5.79 Å². The quantitative estimate of drug-likeness (QED) is 0.719. The van der Waals surface area contributed by atoms with Crippen molar-refractivity contribution >= 4 is 5.97 Å². The fourth-order valence-corrected chi connectivity index (χ4v) is 3.26. The van der Waals surface area contributed by atoms with Crippen LogP contribution in [-0.4, -0.2) is 66.7 Å². The Morgan fingerprint density at radius 1 is 1.22 bits per heavy atom. The number of piperidine rings is 1. The molecule has 0 aliphatic carbocycles. The van der Waals surface area contributed by atoms with Crippen molar-refractivity contribution in [2.75, 3.05) is 39.4 Å². The first-order valence-electron chi connectivity index (χ1n) is 6.60. The van der Waals surface area contributed by atoms with Gasteiger partial charge in [-0.05, 0) is 0 Å². The number of nitrogens with zero attached hydrogens (tertiary/aromatic N) is 1. The summed E-state index contributed by atoms with van der Waals surface area (Å²) in [5.74, 6) is -1.09. The molecule has 3 aliphatic heterocycles. The molecule has 18 heavy (non-hydrogen) atoms. The zero-order valence-corrected chi connectivity index (χ0v) is 10.5. The Hall–Kier alpha value is -0.690. The fourth-order valence-electron chi connectivity index (χ4n) is 3.26. The maximum absolute atomic E-state index is 11.0. The summed E-state index contributed by atoms with van der Waals surface area (Å²) in [6.45, 7) is 4.62. The highest BCUT2D eigenvalue weighted by atomic mass is 16.7. The number of likely N-dealkylation sites (tertiary alicyclic amines) is 1. The molecule has 0 aromatic carbocycles. The van der Waals surface area contributed by atoms with Gasteiger partial charge in [-0.3, -0.25) is 9.69 Å². The lowest BCUT2D eigenvalue weighted by molar-refractivity contribution is -0.196. The van der Waals surface area contributed by atoms with Gasteiger partial charge in [0.1, 0.15) is 0 Å². The summed E-state index contributed by atoms with van der Waals surface area (Å²) in [5, 5.41) is 12.2. The van der Waals surface area contributed by atoms with Crippen molar-refractivity contribution in [3.63, 3.8) is 0 Å². The summed E-state index contributed by atoms with van der Waals surface area (Å²) >= 11 is 0. The van der Waals surface area contributed by atoms with Gasteiger partial charge < -0.3 is 19.9 Å². The lowest BCUT2D eigenvalue weighted by Gasteiger charge is -2.53. The van der Waals surface area contributed by atoms with Crippen LogP contribution in [0.1, 0.15) is 19.3 Å². The molecule has 6 heteroatoms. The first-order chi connectivity index (χ1) is 8.64. The van der Waals surface area contributed by atoms with E-state index in [1.165, 1.54) is 0 Å². The molecule has 0 aromatic heterocycles. The highest BCUT2D eigenvalue weighted by molar-refractivity contribution is 5.68. The van der Waals surface area contributed by atoms with Crippen molar-refractivity contribution in [1.29, 1.82) is 0 Å². The molecule has 0 saturated carbocycles. The molecule has 6 nitrogen and oxygen atoms in total. The van der Waals surface area contributed by atoms with E-state index in [0.717, 1.165) is 39.0 Å². The minimum absolute atomic E-state index is 0.188. The summed E-state index contributed by atoms with van der Waals surface area (Å²) in [7, 11) is 0. The van der Waals surface area contributed by atoms with Crippen LogP contribution in [0, 0.1) is 0 Å². The second-order valence-electron chi connectivity index (χ2n) is 5.49. The van der Waals surface area contributed by atoms with Gasteiger partial charge in [0.05, 0.1) is 25.2 Å². The maximum Gasteiger partial charge on any atom is 0.305 e. The number of rotatable bonds is 3. The van der Waals surface area contributed by atoms with Gasteiger partial charge >= 0.3 is 5.97 Å². The Morgan fingerprint density at radius 3 is 2.28 bits per heavy atom. The Labute approximate surface area is 106 Å². The van der Waals surface area contributed by atoms with Gasteiger partial charge in [-0.15, -0.1) is 0 Å². The van der Waals surface area contributed by atoms with Crippen LogP contribution < -0.4 is 5.32 Å². The standard InChI is InChI=1S/C12H20N2O4/c15-10(16)7-11(8-13-9-11)14-3-1-12(2-4-14)17-5-6-18-12/h13H,1-9H2,(H,15,16). The lowest BCUT2D eigenvalue weighted by Crippen LogP contribution is -2.71. The van der Waals surface area contributed by atoms with E-state index in [9.17, 15) is 4.79 Å². The fraction of sp³-hybridized carbons (Fsp3) is 0.917. The monoisotopic (exact) mass is 256 g/mol. The number of carboxylic acids is 1. The number of carbonyl (C=O) groups is 1. The summed E-state index contributed by atoms with van der Waals surface area (Å²) in [4.78, 5) is 13.3. The van der Waals surface area contributed by atoms with E-state index >= 15 is 0 Å². The molecule has 2 N–H and O–H groups in total. The van der Waals surface area contributed by atoms with Crippen molar-refractivity contribution in [2.24, 2.45) is 0 Å². The third-order valence-corrected chi connectivity index (χ3v) is 4.40. The Morgan fingerprint density at radius 2 is 1.83 bits per heavy atom. The van der Waals surface area contributed by atoms with E-state index in [4.69, 9.17) is 14.6 Å². The molecule has 0 atom stereocenters. The third-order valence-electron chi connectivity index (χ3n) is 4.40. The van der Waals surface area contributed by atoms with Crippen LogP contribution in [0.3, 0.4) is 0 Å². The van der Waals surface area contributed by atoms with Gasteiger partial charge in [-0.1, -0.05) is 0 Å². The highest BCUT2D eigenvalue weighted by Gasteiger charge is 2.49. The zero-order chi connectivity index (χ0) is 12.6. The van der Waals surface area contributed by atoms with Crippen molar-refractivity contribution in [1.82, 2.24) is 10.2 Å². The van der Waals surface area contributed by atoms with Crippen LogP contribution in [0.15, 0.2) is 0 Å². The summed E-state index contributed by atoms with van der Waals surface area (Å²) in [5.41, 5.74) is -0.188. The van der Waals surface area contributed by atoms with E-state index in [2.05, 4.69) is 10.2 Å². The van der Waals surface area contributed by atoms with Crippen LogP contribution >= 0.6 is 0 Å². The lowest BCUT2D eigenvalue weighted by atomic mass is 9.84. The zero-order valence-electron chi connectivity index (χ0n) is 10.5. The van der Waals surface area contributed by atoms with Crippen LogP contribution in [0.5, 0.6) is 0 Å². The number of aliphatic carboxylic acids is 1. The van der Waals surface area contributed by atoms with Crippen LogP contribution in [0.25, 0.3) is 0 Å². The Balaban J connectivity index is 1.62. The number of nitrogens with one attached hydrogen (secondary N) is 1. The van der Waals surface area contributed by atoms with Crippen LogP contribution in [0.4, 0.5) is 0 Å². The smallest absolute Gasteiger partial charge is 0.305 e. The molecule has 3 rings (SSSR count). The van der Waals surface area contributed by atoms with Gasteiger partial charge in [0, 0.05) is 39.0 Å². The molecule has 3 heterocycles. The molecular weight excluding hydrogens is 236 g/mol. The van der Waals surface area contributed by atoms with Gasteiger partial charge in [-0.2, -0.15) is 0 Å². The summed E-state index contributed by atoms with van der Waals surface area (Å²) in [6.07, 6.45) is 1.90. The van der Waals surface area contributed by atoms with Crippen LogP contribution in [-0.2, 0) is 14.3 Å². The predicted molar refractivity (Wildman–Crippen MR) is 63.3 cm³/mol. The van der Waals surface area contributed by atoms with E-state index < -0.39 is 5.97 Å². The van der Waals surface area contributed by atoms with Crippen molar-refractivity contribution < 1.29 is 19.4 Å². The SMILES string of the molecule is O=C(O)CC1(N2CCC3(CC2)OCCO3)CNC1. The largest absolute Gasteiger partial charge is 0.481 e. The van der Waals surface area contributed by atoms with Gasteiger partial charge in [-0.25, -0.2) is 0 Å². The predicted octanol–water partition coefficient (Wildman–Crippen LogP) is -0.358. The summed E-state index contributed by atoms with van der Waals surface area (Å²) < 4.78 is 11.4. The molecular formula is C12H20N2O4. The van der Waals surface area contributed by atoms with E-state index in [0.29, 0.717) is 13.2 Å². The van der Waals surface area contributed by atoms with Crippen molar-refractivity contribution in [3.8, 4) is 0 Å². The molecule has 3 saturated heterocycles. The second kappa shape index (κ2) is 4.45. The molecule has 0 amide bonds. The number of hydrogen-bond acceptors (Lipinski definition) is 5. The van der Waals surface area contributed by atoms with Gasteiger partial charge in [0.2, 0.25) is 0 Å². The Bertz CT molecular complexity index is 327. The molecule has 102 valence electrons. The maximum atomic E-state index is 11.0.